The van der Waals surface area contributed by atoms with E-state index >= 15 is 0 Å². The Balaban J connectivity index is 1.99. The van der Waals surface area contributed by atoms with Gasteiger partial charge in [0.1, 0.15) is 0 Å². The first-order chi connectivity index (χ1) is 6.66. The number of nitrogens with two attached hydrogens (primary N) is 1. The van der Waals surface area contributed by atoms with Crippen molar-refractivity contribution >= 4 is 11.9 Å². The molecule has 1 amide bonds. The maximum absolute atomic E-state index is 11.1. The van der Waals surface area contributed by atoms with Crippen LogP contribution in [-0.4, -0.2) is 22.1 Å². The number of rotatable bonds is 3. The fourth-order valence-electron chi connectivity index (χ4n) is 1.000. The van der Waals surface area contributed by atoms with E-state index in [1.807, 2.05) is 0 Å². The molecular weight excluding hydrogens is 184 g/mol. The van der Waals surface area contributed by atoms with E-state index in [0.29, 0.717) is 11.8 Å². The molecule has 2 rings (SSSR count). The zero-order valence-corrected chi connectivity index (χ0v) is 7.86. The predicted octanol–water partition coefficient (Wildman–Crippen LogP) is 0.233. The lowest BCUT2D eigenvalue weighted by molar-refractivity contribution is -0.117. The van der Waals surface area contributed by atoms with Crippen molar-refractivity contribution in [1.29, 1.82) is 0 Å². The Morgan fingerprint density at radius 2 is 2.36 bits per heavy atom. The molecule has 0 saturated heterocycles. The molecule has 6 heteroatoms. The molecule has 1 aliphatic carbocycles. The van der Waals surface area contributed by atoms with Crippen LogP contribution in [0.15, 0.2) is 4.42 Å². The zero-order chi connectivity index (χ0) is 10.1. The molecule has 1 heterocycles. The summed E-state index contributed by atoms with van der Waals surface area (Å²) < 4.78 is 5.22. The number of hydrogen-bond donors (Lipinski definition) is 2. The van der Waals surface area contributed by atoms with Gasteiger partial charge in [-0.15, -0.1) is 5.10 Å². The van der Waals surface area contributed by atoms with E-state index in [9.17, 15) is 4.79 Å². The number of amides is 1. The van der Waals surface area contributed by atoms with Crippen LogP contribution >= 0.6 is 0 Å². The fourth-order valence-corrected chi connectivity index (χ4v) is 1.000. The van der Waals surface area contributed by atoms with E-state index < -0.39 is 6.04 Å². The van der Waals surface area contributed by atoms with Crippen molar-refractivity contribution in [3.8, 4) is 0 Å². The Morgan fingerprint density at radius 3 is 2.93 bits per heavy atom. The molecule has 6 nitrogen and oxygen atoms in total. The van der Waals surface area contributed by atoms with Gasteiger partial charge in [0.2, 0.25) is 11.8 Å². The summed E-state index contributed by atoms with van der Waals surface area (Å²) in [6.45, 7) is 1.59. The third kappa shape index (κ3) is 1.90. The van der Waals surface area contributed by atoms with Crippen LogP contribution in [0.3, 0.4) is 0 Å². The van der Waals surface area contributed by atoms with E-state index in [1.165, 1.54) is 0 Å². The molecule has 14 heavy (non-hydrogen) atoms. The average Bonchev–Trinajstić information content (AvgIpc) is 2.88. The van der Waals surface area contributed by atoms with Gasteiger partial charge in [-0.05, 0) is 19.8 Å². The van der Waals surface area contributed by atoms with Crippen molar-refractivity contribution in [2.45, 2.75) is 31.7 Å². The van der Waals surface area contributed by atoms with Crippen molar-refractivity contribution < 1.29 is 9.21 Å². The molecule has 1 aromatic rings. The molecule has 0 spiro atoms. The molecule has 1 atom stereocenters. The largest absolute Gasteiger partial charge is 0.408 e. The zero-order valence-electron chi connectivity index (χ0n) is 7.86. The van der Waals surface area contributed by atoms with E-state index in [2.05, 4.69) is 15.5 Å². The number of aromatic nitrogens is 2. The smallest absolute Gasteiger partial charge is 0.322 e. The number of carbonyl (C=O) groups excluding carboxylic acids is 1. The van der Waals surface area contributed by atoms with Crippen LogP contribution in [0.5, 0.6) is 0 Å². The number of carbonyl (C=O) groups is 1. The number of nitrogens with zero attached hydrogens (tertiary/aromatic N) is 2. The molecule has 0 unspecified atom stereocenters. The highest BCUT2D eigenvalue weighted by Crippen LogP contribution is 2.39. The van der Waals surface area contributed by atoms with E-state index in [0.717, 1.165) is 12.8 Å². The van der Waals surface area contributed by atoms with Crippen LogP contribution in [0.2, 0.25) is 0 Å². The lowest BCUT2D eigenvalue weighted by Gasteiger charge is -2.01. The molecule has 0 aliphatic heterocycles. The second kappa shape index (κ2) is 3.38. The maximum atomic E-state index is 11.1. The highest BCUT2D eigenvalue weighted by molar-refractivity contribution is 5.92. The van der Waals surface area contributed by atoms with Crippen LogP contribution in [0.1, 0.15) is 31.6 Å². The standard InChI is InChI=1S/C8H12N4O2/c1-4(9)6(13)10-8-12-11-7(14-8)5-2-3-5/h4-5H,2-3,9H2,1H3,(H,10,12,13)/t4-/m0/s1. The van der Waals surface area contributed by atoms with Crippen LogP contribution in [0.4, 0.5) is 6.01 Å². The van der Waals surface area contributed by atoms with E-state index in [-0.39, 0.29) is 11.9 Å². The van der Waals surface area contributed by atoms with Crippen molar-refractivity contribution in [3.05, 3.63) is 5.89 Å². The van der Waals surface area contributed by atoms with Crippen molar-refractivity contribution in [2.24, 2.45) is 5.73 Å². The Kier molecular flexibility index (Phi) is 2.20. The van der Waals surface area contributed by atoms with Gasteiger partial charge >= 0.3 is 6.01 Å². The molecule has 1 aliphatic rings. The van der Waals surface area contributed by atoms with Crippen LogP contribution in [0.25, 0.3) is 0 Å². The minimum atomic E-state index is -0.578. The summed E-state index contributed by atoms with van der Waals surface area (Å²) in [6.07, 6.45) is 2.17. The summed E-state index contributed by atoms with van der Waals surface area (Å²) in [5.41, 5.74) is 5.36. The molecule has 0 bridgehead atoms. The van der Waals surface area contributed by atoms with Crippen molar-refractivity contribution in [3.63, 3.8) is 0 Å². The highest BCUT2D eigenvalue weighted by Gasteiger charge is 2.29. The van der Waals surface area contributed by atoms with Gasteiger partial charge in [0.05, 0.1) is 6.04 Å². The van der Waals surface area contributed by atoms with Crippen molar-refractivity contribution in [2.75, 3.05) is 5.32 Å². The summed E-state index contributed by atoms with van der Waals surface area (Å²) in [4.78, 5) is 11.1. The molecule has 3 N–H and O–H groups in total. The lowest BCUT2D eigenvalue weighted by atomic mass is 10.3. The molecular formula is C8H12N4O2. The second-order valence-corrected chi connectivity index (χ2v) is 3.50. The summed E-state index contributed by atoms with van der Waals surface area (Å²) in [7, 11) is 0. The average molecular weight is 196 g/mol. The molecule has 76 valence electrons. The first kappa shape index (κ1) is 9.14. The molecule has 1 saturated carbocycles. The first-order valence-corrected chi connectivity index (χ1v) is 4.56. The normalized spacial score (nSPS) is 17.9. The SMILES string of the molecule is C[C@H](N)C(=O)Nc1nnc(C2CC2)o1. The summed E-state index contributed by atoms with van der Waals surface area (Å²) in [5, 5.41) is 9.95. The Morgan fingerprint density at radius 1 is 1.64 bits per heavy atom. The predicted molar refractivity (Wildman–Crippen MR) is 48.6 cm³/mol. The third-order valence-electron chi connectivity index (χ3n) is 2.01. The van der Waals surface area contributed by atoms with Gasteiger partial charge < -0.3 is 10.2 Å². The minimum Gasteiger partial charge on any atom is -0.408 e. The highest BCUT2D eigenvalue weighted by atomic mass is 16.4. The van der Waals surface area contributed by atoms with Gasteiger partial charge in [-0.2, -0.15) is 0 Å². The van der Waals surface area contributed by atoms with Crippen LogP contribution in [0, 0.1) is 0 Å². The Bertz CT molecular complexity index is 343. The van der Waals surface area contributed by atoms with Gasteiger partial charge in [0.25, 0.3) is 0 Å². The summed E-state index contributed by atoms with van der Waals surface area (Å²) in [5.74, 6) is 0.671. The van der Waals surface area contributed by atoms with Crippen molar-refractivity contribution in [1.82, 2.24) is 10.2 Å². The first-order valence-electron chi connectivity index (χ1n) is 4.56. The molecule has 0 aromatic carbocycles. The minimum absolute atomic E-state index is 0.134. The summed E-state index contributed by atoms with van der Waals surface area (Å²) >= 11 is 0. The van der Waals surface area contributed by atoms with E-state index in [1.54, 1.807) is 6.92 Å². The maximum Gasteiger partial charge on any atom is 0.322 e. The quantitative estimate of drug-likeness (QED) is 0.721. The van der Waals surface area contributed by atoms with E-state index in [4.69, 9.17) is 10.2 Å². The van der Waals surface area contributed by atoms with Crippen LogP contribution < -0.4 is 11.1 Å². The summed E-state index contributed by atoms with van der Waals surface area (Å²) in [6, 6.07) is -0.444. The molecule has 0 radical (unpaired) electrons. The number of nitrogens with one attached hydrogen (secondary N) is 1. The lowest BCUT2D eigenvalue weighted by Crippen LogP contribution is -2.32. The van der Waals surface area contributed by atoms with Gasteiger partial charge in [-0.1, -0.05) is 5.10 Å². The Labute approximate surface area is 80.9 Å². The number of anilines is 1. The number of hydrogen-bond acceptors (Lipinski definition) is 5. The monoisotopic (exact) mass is 196 g/mol. The van der Waals surface area contributed by atoms with Gasteiger partial charge in [-0.3, -0.25) is 10.1 Å². The Hall–Kier alpha value is -1.43. The fraction of sp³-hybridized carbons (Fsp3) is 0.625. The molecule has 1 fully saturated rings. The van der Waals surface area contributed by atoms with Gasteiger partial charge in [-0.25, -0.2) is 0 Å². The van der Waals surface area contributed by atoms with Gasteiger partial charge in [0.15, 0.2) is 0 Å². The second-order valence-electron chi connectivity index (χ2n) is 3.50. The topological polar surface area (TPSA) is 94.0 Å². The molecule has 1 aromatic heterocycles. The van der Waals surface area contributed by atoms with Gasteiger partial charge in [0, 0.05) is 5.92 Å². The van der Waals surface area contributed by atoms with Crippen LogP contribution in [-0.2, 0) is 4.79 Å². The third-order valence-corrected chi connectivity index (χ3v) is 2.01.